The number of carbonyl (C=O) groups is 2. The molecule has 25 heavy (non-hydrogen) atoms. The molecule has 2 rings (SSSR count). The van der Waals surface area contributed by atoms with Gasteiger partial charge in [-0.2, -0.15) is 4.57 Å². The Bertz CT molecular complexity index is 617. The molecular formula is C15H22ClN3O6. The van der Waals surface area contributed by atoms with E-state index in [1.54, 1.807) is 26.2 Å². The third-order valence-corrected chi connectivity index (χ3v) is 3.91. The summed E-state index contributed by atoms with van der Waals surface area (Å²) in [5.41, 5.74) is 5.46. The zero-order chi connectivity index (χ0) is 17.9. The molecule has 0 bridgehead atoms. The lowest BCUT2D eigenvalue weighted by molar-refractivity contribution is -0.765. The maximum Gasteiger partial charge on any atom is 0.322 e. The number of hydrogen-bond donors (Lipinski definition) is 4. The number of primary amides is 1. The highest BCUT2D eigenvalue weighted by Gasteiger charge is 2.48. The number of amides is 1. The average molecular weight is 376 g/mol. The summed E-state index contributed by atoms with van der Waals surface area (Å²) in [6, 6.07) is 2.60. The lowest BCUT2D eigenvalue weighted by Gasteiger charge is -2.15. The van der Waals surface area contributed by atoms with E-state index in [-0.39, 0.29) is 24.6 Å². The second-order valence-electron chi connectivity index (χ2n) is 5.59. The van der Waals surface area contributed by atoms with Crippen LogP contribution in [0.1, 0.15) is 23.5 Å². The number of esters is 1. The number of aliphatic hydroxyl groups excluding tert-OH is 2. The van der Waals surface area contributed by atoms with E-state index in [2.05, 4.69) is 5.32 Å². The molecule has 9 nitrogen and oxygen atoms in total. The molecule has 0 aliphatic carbocycles. The summed E-state index contributed by atoms with van der Waals surface area (Å²) in [6.45, 7) is 1.44. The smallest absolute Gasteiger partial charge is 0.322 e. The molecule has 1 aromatic heterocycles. The molecule has 0 aromatic carbocycles. The van der Waals surface area contributed by atoms with E-state index in [0.29, 0.717) is 0 Å². The first-order chi connectivity index (χ1) is 11.3. The van der Waals surface area contributed by atoms with E-state index >= 15 is 0 Å². The van der Waals surface area contributed by atoms with E-state index in [9.17, 15) is 19.8 Å². The Hall–Kier alpha value is -1.78. The van der Waals surface area contributed by atoms with Crippen molar-refractivity contribution in [3.05, 3.63) is 30.1 Å². The van der Waals surface area contributed by atoms with E-state index in [1.165, 1.54) is 16.8 Å². The number of nitrogens with one attached hydrogen (secondary N) is 1. The second kappa shape index (κ2) is 9.07. The van der Waals surface area contributed by atoms with E-state index in [4.69, 9.17) is 15.2 Å². The average Bonchev–Trinajstić information content (AvgIpc) is 2.87. The van der Waals surface area contributed by atoms with Gasteiger partial charge < -0.3 is 43.1 Å². The Morgan fingerprint density at radius 3 is 2.72 bits per heavy atom. The fourth-order valence-corrected chi connectivity index (χ4v) is 2.32. The minimum Gasteiger partial charge on any atom is -1.00 e. The van der Waals surface area contributed by atoms with Crippen LogP contribution in [0.15, 0.2) is 24.5 Å². The molecule has 0 spiro atoms. The number of aliphatic hydroxyl groups is 2. The molecule has 1 aromatic rings. The molecule has 5 atom stereocenters. The van der Waals surface area contributed by atoms with Crippen molar-refractivity contribution in [1.82, 2.24) is 5.32 Å². The van der Waals surface area contributed by atoms with Crippen LogP contribution in [0.2, 0.25) is 0 Å². The topological polar surface area (TPSA) is 135 Å². The quantitative estimate of drug-likeness (QED) is 0.288. The van der Waals surface area contributed by atoms with Gasteiger partial charge in [-0.25, -0.2) is 0 Å². The van der Waals surface area contributed by atoms with Gasteiger partial charge in [-0.15, -0.1) is 0 Å². The third-order valence-electron chi connectivity index (χ3n) is 3.91. The predicted molar refractivity (Wildman–Crippen MR) is 80.6 cm³/mol. The number of ether oxygens (including phenoxy) is 2. The monoisotopic (exact) mass is 375 g/mol. The lowest BCUT2D eigenvalue weighted by Crippen LogP contribution is -3.00. The van der Waals surface area contributed by atoms with Crippen LogP contribution < -0.4 is 28.0 Å². The highest BCUT2D eigenvalue weighted by Crippen LogP contribution is 2.25. The van der Waals surface area contributed by atoms with Gasteiger partial charge >= 0.3 is 5.97 Å². The van der Waals surface area contributed by atoms with Crippen molar-refractivity contribution < 1.29 is 46.2 Å². The van der Waals surface area contributed by atoms with Gasteiger partial charge in [0.1, 0.15) is 30.4 Å². The molecule has 0 unspecified atom stereocenters. The van der Waals surface area contributed by atoms with Crippen molar-refractivity contribution >= 4 is 11.9 Å². The van der Waals surface area contributed by atoms with Gasteiger partial charge in [-0.3, -0.25) is 9.59 Å². The van der Waals surface area contributed by atoms with Crippen LogP contribution in [-0.2, 0) is 14.3 Å². The molecule has 2 heterocycles. The maximum absolute atomic E-state index is 11.6. The maximum atomic E-state index is 11.6. The van der Waals surface area contributed by atoms with Gasteiger partial charge in [0.2, 0.25) is 0 Å². The van der Waals surface area contributed by atoms with Gasteiger partial charge in [0.05, 0.1) is 0 Å². The highest BCUT2D eigenvalue weighted by molar-refractivity contribution is 5.92. The number of pyridine rings is 1. The minimum absolute atomic E-state index is 0. The van der Waals surface area contributed by atoms with Gasteiger partial charge in [-0.1, -0.05) is 0 Å². The van der Waals surface area contributed by atoms with Crippen molar-refractivity contribution in [2.75, 3.05) is 13.7 Å². The zero-order valence-electron chi connectivity index (χ0n) is 13.8. The predicted octanol–water partition coefficient (Wildman–Crippen LogP) is -5.15. The fraction of sp³-hybridized carbons (Fsp3) is 0.533. The van der Waals surface area contributed by atoms with Crippen LogP contribution in [0.5, 0.6) is 0 Å². The first-order valence-corrected chi connectivity index (χ1v) is 7.51. The van der Waals surface area contributed by atoms with Crippen molar-refractivity contribution in [2.24, 2.45) is 5.73 Å². The lowest BCUT2D eigenvalue weighted by atomic mass is 10.1. The number of hydrogen-bond acceptors (Lipinski definition) is 7. The third kappa shape index (κ3) is 4.86. The number of nitrogens with two attached hydrogens (primary N) is 1. The summed E-state index contributed by atoms with van der Waals surface area (Å²) >= 11 is 0. The number of rotatable bonds is 6. The van der Waals surface area contributed by atoms with Crippen LogP contribution >= 0.6 is 0 Å². The standard InChI is InChI=1S/C15H21N3O6.ClH/c1-8(17-2)15(22)23-7-10-11(19)12(20)14(24-10)18-5-3-4-9(6-18)13(16)21;/h3-6,8,10-12,14,17,19-20H,7H2,1-2H3,(H-,16,21);1H/t8-,10+,11+,12+,14+;/m0./s1. The number of halogens is 1. The summed E-state index contributed by atoms with van der Waals surface area (Å²) in [4.78, 5) is 22.9. The van der Waals surface area contributed by atoms with Crippen molar-refractivity contribution in [3.63, 3.8) is 0 Å². The molecule has 10 heteroatoms. The van der Waals surface area contributed by atoms with Crippen LogP contribution in [0.3, 0.4) is 0 Å². The van der Waals surface area contributed by atoms with E-state index < -0.39 is 42.5 Å². The van der Waals surface area contributed by atoms with E-state index in [0.717, 1.165) is 0 Å². The molecule has 0 saturated carbocycles. The Kier molecular flexibility index (Phi) is 7.71. The Morgan fingerprint density at radius 2 is 2.12 bits per heavy atom. The number of likely N-dealkylation sites (N-methyl/N-ethyl adjacent to an activating group) is 1. The largest absolute Gasteiger partial charge is 1.00 e. The summed E-state index contributed by atoms with van der Waals surface area (Å²) in [7, 11) is 1.62. The first kappa shape index (κ1) is 21.3. The Labute approximate surface area is 151 Å². The zero-order valence-corrected chi connectivity index (χ0v) is 14.6. The Balaban J connectivity index is 0.00000312. The van der Waals surface area contributed by atoms with Gasteiger partial charge in [-0.05, 0) is 20.0 Å². The molecule has 1 aliphatic rings. The molecule has 5 N–H and O–H groups in total. The number of aromatic nitrogens is 1. The fourth-order valence-electron chi connectivity index (χ4n) is 2.32. The van der Waals surface area contributed by atoms with Gasteiger partial charge in [0.25, 0.3) is 12.1 Å². The van der Waals surface area contributed by atoms with Gasteiger partial charge in [0.15, 0.2) is 18.5 Å². The van der Waals surface area contributed by atoms with Crippen LogP contribution in [0.25, 0.3) is 0 Å². The molecule has 140 valence electrons. The SMILES string of the molecule is CN[C@@H](C)C(=O)OC[C@H]1O[C@@H]([n+]2cccc(C(N)=O)c2)[C@H](O)[C@@H]1O.[Cl-]. The molecule has 1 amide bonds. The highest BCUT2D eigenvalue weighted by atomic mass is 35.5. The van der Waals surface area contributed by atoms with Gasteiger partial charge in [0, 0.05) is 6.07 Å². The second-order valence-corrected chi connectivity index (χ2v) is 5.59. The van der Waals surface area contributed by atoms with E-state index in [1.807, 2.05) is 0 Å². The van der Waals surface area contributed by atoms with Crippen LogP contribution in [0.4, 0.5) is 0 Å². The number of carbonyl (C=O) groups excluding carboxylic acids is 2. The normalized spacial score (nSPS) is 26.6. The molecule has 0 radical (unpaired) electrons. The Morgan fingerprint density at radius 1 is 1.44 bits per heavy atom. The summed E-state index contributed by atoms with van der Waals surface area (Å²) in [5, 5.41) is 23.0. The summed E-state index contributed by atoms with van der Waals surface area (Å²) in [6.07, 6.45) is -1.31. The summed E-state index contributed by atoms with van der Waals surface area (Å²) < 4.78 is 12.1. The first-order valence-electron chi connectivity index (χ1n) is 7.51. The molecular weight excluding hydrogens is 354 g/mol. The molecule has 1 aliphatic heterocycles. The molecule has 1 fully saturated rings. The van der Waals surface area contributed by atoms with Crippen LogP contribution in [-0.4, -0.2) is 60.1 Å². The van der Waals surface area contributed by atoms with Crippen molar-refractivity contribution in [2.45, 2.75) is 37.5 Å². The minimum atomic E-state index is -1.25. The molecule has 1 saturated heterocycles. The number of nitrogens with zero attached hydrogens (tertiary/aromatic N) is 1. The van der Waals surface area contributed by atoms with Crippen LogP contribution in [0, 0.1) is 0 Å². The summed E-state index contributed by atoms with van der Waals surface area (Å²) in [5.74, 6) is -1.11. The van der Waals surface area contributed by atoms with Crippen molar-refractivity contribution in [1.29, 1.82) is 0 Å². The van der Waals surface area contributed by atoms with Crippen molar-refractivity contribution in [3.8, 4) is 0 Å².